The highest BCUT2D eigenvalue weighted by Crippen LogP contribution is 2.70. The molecule has 6 aliphatic rings. The molecular formula is C34H42O10. The molecule has 238 valence electrons. The molecule has 3 heterocycles. The van der Waals surface area contributed by atoms with Crippen molar-refractivity contribution < 1.29 is 48.7 Å². The van der Waals surface area contributed by atoms with E-state index >= 15 is 0 Å². The molecule has 44 heavy (non-hydrogen) atoms. The third-order valence-electron chi connectivity index (χ3n) is 11.0. The van der Waals surface area contributed by atoms with Gasteiger partial charge in [-0.1, -0.05) is 19.9 Å². The van der Waals surface area contributed by atoms with Crippen LogP contribution in [0.15, 0.2) is 23.3 Å². The summed E-state index contributed by atoms with van der Waals surface area (Å²) in [5.41, 5.74) is -6.42. The molecule has 4 bridgehead atoms. The highest BCUT2D eigenvalue weighted by Gasteiger charge is 2.84. The van der Waals surface area contributed by atoms with Crippen LogP contribution in [-0.2, 0) is 30.9 Å². The number of ketones is 2. The molecule has 3 aliphatic heterocycles. The van der Waals surface area contributed by atoms with Gasteiger partial charge in [-0.15, -0.1) is 0 Å². The predicted octanol–water partition coefficient (Wildman–Crippen LogP) is 4.35. The number of phenols is 1. The zero-order valence-corrected chi connectivity index (χ0v) is 26.8. The van der Waals surface area contributed by atoms with E-state index in [1.807, 2.05) is 34.6 Å². The minimum absolute atomic E-state index is 0.0204. The number of carbonyl (C=O) groups is 3. The van der Waals surface area contributed by atoms with Gasteiger partial charge in [-0.2, -0.15) is 0 Å². The van der Waals surface area contributed by atoms with E-state index in [1.54, 1.807) is 13.8 Å². The maximum absolute atomic E-state index is 14.9. The Hall–Kier alpha value is -3.21. The first-order chi connectivity index (χ1) is 20.2. The fourth-order valence-corrected chi connectivity index (χ4v) is 8.19. The number of hydrogen-bond acceptors (Lipinski definition) is 9. The third-order valence-corrected chi connectivity index (χ3v) is 11.0. The Morgan fingerprint density at radius 2 is 1.84 bits per heavy atom. The van der Waals surface area contributed by atoms with Gasteiger partial charge in [0.1, 0.15) is 34.5 Å². The first kappa shape index (κ1) is 30.8. The zero-order valence-electron chi connectivity index (χ0n) is 26.8. The largest absolute Gasteiger partial charge is 0.507 e. The van der Waals surface area contributed by atoms with E-state index in [9.17, 15) is 29.7 Å². The number of ether oxygens (including phenoxy) is 4. The second-order valence-electron chi connectivity index (χ2n) is 14.9. The van der Waals surface area contributed by atoms with Crippen LogP contribution in [0.1, 0.15) is 96.1 Å². The Morgan fingerprint density at radius 1 is 1.18 bits per heavy atom. The van der Waals surface area contributed by atoms with Gasteiger partial charge in [-0.25, -0.2) is 4.79 Å². The minimum Gasteiger partial charge on any atom is -0.507 e. The zero-order chi connectivity index (χ0) is 32.6. The summed E-state index contributed by atoms with van der Waals surface area (Å²) in [7, 11) is 1.41. The average Bonchev–Trinajstić information content (AvgIpc) is 3.24. The minimum atomic E-state index is -1.79. The van der Waals surface area contributed by atoms with Crippen molar-refractivity contribution in [2.75, 3.05) is 7.11 Å². The second-order valence-corrected chi connectivity index (χ2v) is 14.9. The smallest absolute Gasteiger partial charge is 0.330 e. The topological polar surface area (TPSA) is 149 Å². The summed E-state index contributed by atoms with van der Waals surface area (Å²) < 4.78 is 26.1. The van der Waals surface area contributed by atoms with Crippen molar-refractivity contribution in [3.05, 3.63) is 40.0 Å². The van der Waals surface area contributed by atoms with Gasteiger partial charge in [0.15, 0.2) is 17.0 Å². The molecule has 1 saturated heterocycles. The van der Waals surface area contributed by atoms with E-state index in [4.69, 9.17) is 18.9 Å². The van der Waals surface area contributed by atoms with E-state index in [0.29, 0.717) is 23.3 Å². The van der Waals surface area contributed by atoms with Crippen LogP contribution in [0.3, 0.4) is 0 Å². The molecule has 0 amide bonds. The maximum atomic E-state index is 14.9. The van der Waals surface area contributed by atoms with Crippen molar-refractivity contribution in [2.24, 2.45) is 5.92 Å². The van der Waals surface area contributed by atoms with Gasteiger partial charge in [-0.05, 0) is 66.9 Å². The first-order valence-electron chi connectivity index (χ1n) is 15.2. The molecule has 1 spiro atoms. The SMILES string of the molecule is COC12C=C3C(=O)c4c(O)c(CCC(C)(C)O)c5c(c4OC34C(C1)C(C)(C)OC4(CC=C(C)C(=O)O)C2=O)C(C)(C)C(C)O5. The van der Waals surface area contributed by atoms with Crippen molar-refractivity contribution >= 4 is 17.5 Å². The van der Waals surface area contributed by atoms with E-state index in [1.165, 1.54) is 26.2 Å². The predicted molar refractivity (Wildman–Crippen MR) is 158 cm³/mol. The van der Waals surface area contributed by atoms with E-state index < -0.39 is 56.9 Å². The second kappa shape index (κ2) is 8.95. The molecule has 1 aromatic rings. The van der Waals surface area contributed by atoms with E-state index in [-0.39, 0.29) is 53.6 Å². The van der Waals surface area contributed by atoms with Gasteiger partial charge in [-0.3, -0.25) is 9.59 Å². The number of aliphatic hydroxyl groups is 1. The number of rotatable bonds is 7. The summed E-state index contributed by atoms with van der Waals surface area (Å²) in [4.78, 5) is 41.3. The number of aromatic hydroxyl groups is 1. The summed E-state index contributed by atoms with van der Waals surface area (Å²) in [6.45, 7) is 14.3. The van der Waals surface area contributed by atoms with Crippen molar-refractivity contribution in [1.29, 1.82) is 0 Å². The van der Waals surface area contributed by atoms with Crippen molar-refractivity contribution in [3.63, 3.8) is 0 Å². The summed E-state index contributed by atoms with van der Waals surface area (Å²) >= 11 is 0. The first-order valence-corrected chi connectivity index (χ1v) is 15.2. The Bertz CT molecular complexity index is 1590. The Morgan fingerprint density at radius 3 is 2.43 bits per heavy atom. The molecular weight excluding hydrogens is 568 g/mol. The standard InChI is InChI=1S/C34H42O10/c1-16(27(37)38)10-13-33-28(39)32(41-9)14-19-24(36)21-23(35)18(11-12-29(3,4)40)25-22(30(5,6)17(2)42-25)26(21)43-34(19,33)20(15-32)31(7,8)44-33/h10,14,17,20,35,40H,11-13,15H2,1-9H3,(H,37,38). The third kappa shape index (κ3) is 3.61. The van der Waals surface area contributed by atoms with Crippen LogP contribution >= 0.6 is 0 Å². The number of Topliss-reactive ketones (excluding diaryl/α,β-unsaturated/α-hetero) is 2. The molecule has 0 aromatic heterocycles. The molecule has 7 rings (SSSR count). The maximum Gasteiger partial charge on any atom is 0.330 e. The number of carboxylic acids is 1. The molecule has 10 nitrogen and oxygen atoms in total. The molecule has 0 radical (unpaired) electrons. The van der Waals surface area contributed by atoms with Gasteiger partial charge < -0.3 is 34.3 Å². The lowest BCUT2D eigenvalue weighted by atomic mass is 9.49. The summed E-state index contributed by atoms with van der Waals surface area (Å²) in [5, 5.41) is 32.0. The number of phenolic OH excluding ortho intramolecular Hbond substituents is 1. The fourth-order valence-electron chi connectivity index (χ4n) is 8.19. The van der Waals surface area contributed by atoms with Crippen molar-refractivity contribution in [1.82, 2.24) is 0 Å². The van der Waals surface area contributed by atoms with Crippen molar-refractivity contribution in [2.45, 2.75) is 121 Å². The van der Waals surface area contributed by atoms with Gasteiger partial charge >= 0.3 is 5.97 Å². The number of hydrogen-bond donors (Lipinski definition) is 3. The van der Waals surface area contributed by atoms with Crippen LogP contribution in [0.25, 0.3) is 0 Å². The van der Waals surface area contributed by atoms with Gasteiger partial charge in [0.25, 0.3) is 0 Å². The van der Waals surface area contributed by atoms with Crippen LogP contribution in [0.4, 0.5) is 0 Å². The van der Waals surface area contributed by atoms with Crippen molar-refractivity contribution in [3.8, 4) is 17.2 Å². The number of aliphatic carboxylic acids is 1. The molecule has 5 unspecified atom stereocenters. The molecule has 5 atom stereocenters. The number of carbonyl (C=O) groups excluding carboxylic acids is 2. The highest BCUT2D eigenvalue weighted by molar-refractivity contribution is 6.20. The van der Waals surface area contributed by atoms with Crippen LogP contribution < -0.4 is 9.47 Å². The molecule has 2 fully saturated rings. The van der Waals surface area contributed by atoms with Crippen LogP contribution in [0.2, 0.25) is 0 Å². The number of methoxy groups -OCH3 is 1. The lowest BCUT2D eigenvalue weighted by molar-refractivity contribution is -0.190. The number of carboxylic acid groups (broad SMARTS) is 1. The molecule has 3 N–H and O–H groups in total. The van der Waals surface area contributed by atoms with Crippen LogP contribution in [-0.4, -0.2) is 74.1 Å². The summed E-state index contributed by atoms with van der Waals surface area (Å²) in [6, 6.07) is 0. The Kier molecular flexibility index (Phi) is 6.26. The molecule has 10 heteroatoms. The average molecular weight is 611 g/mol. The summed E-state index contributed by atoms with van der Waals surface area (Å²) in [5.74, 6) is -2.35. The van der Waals surface area contributed by atoms with Gasteiger partial charge in [0.2, 0.25) is 5.78 Å². The fraction of sp³-hybridized carbons (Fsp3) is 0.618. The Labute approximate surface area is 257 Å². The molecule has 1 saturated carbocycles. The quantitative estimate of drug-likeness (QED) is 0.381. The van der Waals surface area contributed by atoms with E-state index in [0.717, 1.165) is 0 Å². The normalized spacial score (nSPS) is 34.1. The lowest BCUT2D eigenvalue weighted by Gasteiger charge is -2.59. The van der Waals surface area contributed by atoms with Gasteiger partial charge in [0, 0.05) is 47.1 Å². The van der Waals surface area contributed by atoms with Crippen LogP contribution in [0.5, 0.6) is 17.2 Å². The molecule has 3 aliphatic carbocycles. The lowest BCUT2D eigenvalue weighted by Crippen LogP contribution is -2.77. The van der Waals surface area contributed by atoms with E-state index in [2.05, 4.69) is 0 Å². The highest BCUT2D eigenvalue weighted by atomic mass is 16.6. The summed E-state index contributed by atoms with van der Waals surface area (Å²) in [6.07, 6.45) is 3.19. The Balaban J connectivity index is 1.67. The monoisotopic (exact) mass is 610 g/mol. The molecule has 1 aromatic carbocycles. The number of fused-ring (bicyclic) bond motifs is 3. The van der Waals surface area contributed by atoms with Crippen LogP contribution in [0, 0.1) is 5.92 Å². The van der Waals surface area contributed by atoms with Gasteiger partial charge in [0.05, 0.1) is 11.2 Å². The number of benzene rings is 1.